The highest BCUT2D eigenvalue weighted by atomic mass is 16.5. The van der Waals surface area contributed by atoms with E-state index < -0.39 is 11.4 Å². The van der Waals surface area contributed by atoms with E-state index in [1.54, 1.807) is 6.20 Å². The molecule has 8 nitrogen and oxygen atoms in total. The summed E-state index contributed by atoms with van der Waals surface area (Å²) < 4.78 is 6.30. The van der Waals surface area contributed by atoms with Gasteiger partial charge in [-0.3, -0.25) is 24.7 Å². The molecule has 40 heavy (non-hydrogen) atoms. The fraction of sp³-hybridized carbons (Fsp3) is 0.438. The van der Waals surface area contributed by atoms with Crippen LogP contribution in [0.2, 0.25) is 0 Å². The van der Waals surface area contributed by atoms with Gasteiger partial charge in [-0.15, -0.1) is 5.53 Å². The molecule has 2 N–H and O–H groups in total. The fourth-order valence-electron chi connectivity index (χ4n) is 6.22. The Kier molecular flexibility index (Phi) is 7.50. The van der Waals surface area contributed by atoms with Gasteiger partial charge in [0.15, 0.2) is 0 Å². The number of carbonyl (C=O) groups is 1. The molecule has 2 atom stereocenters. The lowest BCUT2D eigenvalue weighted by Gasteiger charge is -2.34. The minimum absolute atomic E-state index is 0.101. The predicted octanol–water partition coefficient (Wildman–Crippen LogP) is 5.42. The number of hydrazine groups is 2. The third kappa shape index (κ3) is 5.02. The number of aromatic nitrogens is 1. The van der Waals surface area contributed by atoms with Crippen molar-refractivity contribution in [1.82, 2.24) is 15.4 Å². The minimum Gasteiger partial charge on any atom is -0.489 e. The van der Waals surface area contributed by atoms with Gasteiger partial charge < -0.3 is 9.84 Å². The molecule has 0 saturated carbocycles. The summed E-state index contributed by atoms with van der Waals surface area (Å²) >= 11 is 0. The summed E-state index contributed by atoms with van der Waals surface area (Å²) in [6.45, 7) is 12.4. The second-order valence-corrected chi connectivity index (χ2v) is 11.8. The maximum absolute atomic E-state index is 12.7. The molecule has 1 aromatic heterocycles. The van der Waals surface area contributed by atoms with Gasteiger partial charge in [-0.1, -0.05) is 31.2 Å². The second kappa shape index (κ2) is 10.7. The molecule has 0 unspecified atom stereocenters. The van der Waals surface area contributed by atoms with Crippen LogP contribution in [0.15, 0.2) is 48.8 Å². The molecular weight excluding hydrogens is 502 g/mol. The van der Waals surface area contributed by atoms with E-state index in [2.05, 4.69) is 66.5 Å². The first-order valence-corrected chi connectivity index (χ1v) is 14.0. The third-order valence-corrected chi connectivity index (χ3v) is 8.60. The minimum atomic E-state index is -1.03. The van der Waals surface area contributed by atoms with Crippen LogP contribution in [0.5, 0.6) is 5.75 Å². The predicted molar refractivity (Wildman–Crippen MR) is 159 cm³/mol. The van der Waals surface area contributed by atoms with Crippen LogP contribution >= 0.6 is 0 Å². The molecule has 0 bridgehead atoms. The zero-order chi connectivity index (χ0) is 28.8. The van der Waals surface area contributed by atoms with Crippen molar-refractivity contribution >= 4 is 17.3 Å². The van der Waals surface area contributed by atoms with Crippen molar-refractivity contribution < 1.29 is 14.6 Å². The lowest BCUT2D eigenvalue weighted by atomic mass is 9.69. The number of aryl methyl sites for hydroxylation is 1. The first-order chi connectivity index (χ1) is 19.0. The van der Waals surface area contributed by atoms with Gasteiger partial charge in [0.2, 0.25) is 0 Å². The summed E-state index contributed by atoms with van der Waals surface area (Å²) in [5.41, 5.74) is 11.0. The first-order valence-electron chi connectivity index (χ1n) is 14.0. The molecule has 0 saturated heterocycles. The summed E-state index contributed by atoms with van der Waals surface area (Å²) in [5, 5.41) is 14.4. The average Bonchev–Trinajstić information content (AvgIpc) is 3.09. The van der Waals surface area contributed by atoms with Gasteiger partial charge in [-0.05, 0) is 74.1 Å². The van der Waals surface area contributed by atoms with Gasteiger partial charge in [0.25, 0.3) is 0 Å². The van der Waals surface area contributed by atoms with Crippen molar-refractivity contribution in [1.29, 1.82) is 0 Å². The molecule has 0 aliphatic carbocycles. The number of ether oxygens (including phenoxy) is 1. The van der Waals surface area contributed by atoms with Crippen molar-refractivity contribution in [2.24, 2.45) is 5.41 Å². The van der Waals surface area contributed by atoms with Gasteiger partial charge in [0, 0.05) is 57.6 Å². The van der Waals surface area contributed by atoms with Gasteiger partial charge in [0.1, 0.15) is 11.9 Å². The summed E-state index contributed by atoms with van der Waals surface area (Å²) in [6.07, 6.45) is 4.70. The van der Waals surface area contributed by atoms with Crippen molar-refractivity contribution in [3.63, 3.8) is 0 Å². The molecule has 0 radical (unpaired) electrons. The van der Waals surface area contributed by atoms with E-state index in [9.17, 15) is 9.90 Å². The van der Waals surface area contributed by atoms with E-state index in [1.807, 2.05) is 50.2 Å². The smallest absolute Gasteiger partial charge is 0.310 e. The van der Waals surface area contributed by atoms with Crippen LogP contribution in [-0.4, -0.2) is 47.7 Å². The van der Waals surface area contributed by atoms with Crippen LogP contribution in [-0.2, 0) is 17.9 Å². The van der Waals surface area contributed by atoms with E-state index in [4.69, 9.17) is 4.74 Å². The van der Waals surface area contributed by atoms with Crippen LogP contribution in [0.4, 0.5) is 11.4 Å². The van der Waals surface area contributed by atoms with E-state index in [-0.39, 0.29) is 12.0 Å². The zero-order valence-electron chi connectivity index (χ0n) is 24.7. The van der Waals surface area contributed by atoms with E-state index in [0.29, 0.717) is 0 Å². The molecule has 2 aliphatic rings. The zero-order valence-corrected chi connectivity index (χ0v) is 24.7. The SMILES string of the molecule is CC[C@@H]1CN(Cc2cc([C@@H](c3ccc4c(c3C)N(C)NN4C)C(C)(C)C(=O)O)ccc2C)Cc2cnccc2O1. The number of nitrogens with zero attached hydrogens (tertiary/aromatic N) is 4. The number of anilines is 2. The van der Waals surface area contributed by atoms with Crippen molar-refractivity contribution in [3.8, 4) is 5.75 Å². The maximum Gasteiger partial charge on any atom is 0.310 e. The Morgan fingerprint density at radius 3 is 2.67 bits per heavy atom. The van der Waals surface area contributed by atoms with Gasteiger partial charge in [0.05, 0.1) is 16.8 Å². The number of hydrogen-bond donors (Lipinski definition) is 2. The molecule has 0 fully saturated rings. The summed E-state index contributed by atoms with van der Waals surface area (Å²) in [7, 11) is 3.97. The number of fused-ring (bicyclic) bond motifs is 2. The number of benzene rings is 2. The highest BCUT2D eigenvalue weighted by Crippen LogP contribution is 2.47. The van der Waals surface area contributed by atoms with Crippen molar-refractivity contribution in [3.05, 3.63) is 82.2 Å². The molecule has 8 heteroatoms. The second-order valence-electron chi connectivity index (χ2n) is 11.8. The van der Waals surface area contributed by atoms with Crippen LogP contribution < -0.4 is 20.3 Å². The molecule has 212 valence electrons. The summed E-state index contributed by atoms with van der Waals surface area (Å²) in [6, 6.07) is 12.6. The highest BCUT2D eigenvalue weighted by molar-refractivity contribution is 5.81. The molecule has 2 aliphatic heterocycles. The van der Waals surface area contributed by atoms with E-state index in [0.717, 1.165) is 65.4 Å². The fourth-order valence-corrected chi connectivity index (χ4v) is 6.22. The number of hydrogen-bond acceptors (Lipinski definition) is 7. The summed E-state index contributed by atoms with van der Waals surface area (Å²) in [5.74, 6) is -0.243. The molecule has 0 spiro atoms. The first kappa shape index (κ1) is 27.9. The average molecular weight is 544 g/mol. The molecule has 5 rings (SSSR count). The largest absolute Gasteiger partial charge is 0.489 e. The third-order valence-electron chi connectivity index (χ3n) is 8.60. The summed E-state index contributed by atoms with van der Waals surface area (Å²) in [4.78, 5) is 19.5. The van der Waals surface area contributed by atoms with E-state index in [1.165, 1.54) is 11.1 Å². The standard InChI is InChI=1S/C32H41N5O3/c1-8-25-19-37(18-24-16-33-14-13-28(24)40-25)17-23-15-22(10-9-20(23)2)29(32(4,5)31(38)39)26-11-12-27-30(21(26)3)36(7)34-35(27)6/h9-16,25,29,34H,8,17-19H2,1-7H3,(H,38,39)/t25-,29+/m1/s1. The van der Waals surface area contributed by atoms with Gasteiger partial charge >= 0.3 is 5.97 Å². The lowest BCUT2D eigenvalue weighted by molar-refractivity contribution is -0.147. The number of pyridine rings is 1. The highest BCUT2D eigenvalue weighted by Gasteiger charge is 2.41. The number of rotatable bonds is 7. The van der Waals surface area contributed by atoms with Crippen molar-refractivity contribution in [2.45, 2.75) is 66.2 Å². The normalized spacial score (nSPS) is 18.1. The molecular formula is C32H41N5O3. The Hall–Kier alpha value is -3.62. The number of aliphatic carboxylic acids is 1. The Bertz CT molecular complexity index is 1420. The Morgan fingerprint density at radius 1 is 1.18 bits per heavy atom. The molecule has 3 heterocycles. The Morgan fingerprint density at radius 2 is 1.95 bits per heavy atom. The van der Waals surface area contributed by atoms with E-state index >= 15 is 0 Å². The Balaban J connectivity index is 1.55. The monoisotopic (exact) mass is 543 g/mol. The van der Waals surface area contributed by atoms with Crippen molar-refractivity contribution in [2.75, 3.05) is 30.7 Å². The maximum atomic E-state index is 12.7. The van der Waals surface area contributed by atoms with Crippen LogP contribution in [0.1, 0.15) is 66.5 Å². The molecule has 3 aromatic rings. The van der Waals surface area contributed by atoms with Gasteiger partial charge in [-0.2, -0.15) is 0 Å². The number of carboxylic acid groups (broad SMARTS) is 1. The molecule has 0 amide bonds. The lowest BCUT2D eigenvalue weighted by Crippen LogP contribution is -2.39. The number of carboxylic acids is 1. The Labute approximate surface area is 237 Å². The quantitative estimate of drug-likeness (QED) is 0.409. The van der Waals surface area contributed by atoms with Crippen LogP contribution in [0.3, 0.4) is 0 Å². The van der Waals surface area contributed by atoms with Crippen LogP contribution in [0.25, 0.3) is 0 Å². The van der Waals surface area contributed by atoms with Crippen LogP contribution in [0, 0.1) is 19.3 Å². The number of nitrogens with one attached hydrogen (secondary N) is 1. The topological polar surface area (TPSA) is 81.2 Å². The van der Waals surface area contributed by atoms with Gasteiger partial charge in [-0.25, -0.2) is 0 Å². The molecule has 2 aromatic carbocycles.